The van der Waals surface area contributed by atoms with Gasteiger partial charge in [0.25, 0.3) is 0 Å². The van der Waals surface area contributed by atoms with Crippen LogP contribution in [-0.4, -0.2) is 75.1 Å². The lowest BCUT2D eigenvalue weighted by molar-refractivity contribution is -0.202. The van der Waals surface area contributed by atoms with Gasteiger partial charge in [-0.25, -0.2) is 12.7 Å². The summed E-state index contributed by atoms with van der Waals surface area (Å²) in [4.78, 5) is 5.61. The van der Waals surface area contributed by atoms with Crippen molar-refractivity contribution in [3.63, 3.8) is 0 Å². The van der Waals surface area contributed by atoms with Gasteiger partial charge in [-0.2, -0.15) is 18.7 Å². The largest absolute Gasteiger partial charge is 0.490 e. The normalized spacial score (nSPS) is 29.6. The minimum absolute atomic E-state index is 0.257. The lowest BCUT2D eigenvalue weighted by Crippen LogP contribution is -2.57. The molecule has 0 bridgehead atoms. The summed E-state index contributed by atoms with van der Waals surface area (Å²) in [7, 11) is -3.76. The minimum Gasteiger partial charge on any atom is -0.490 e. The Balaban J connectivity index is 1.18. The molecular weight excluding hydrogens is 517 g/mol. The number of nitrogens with zero attached hydrogens (tertiary/aromatic N) is 1. The third kappa shape index (κ3) is 5.92. The fourth-order valence-corrected chi connectivity index (χ4v) is 7.68. The van der Waals surface area contributed by atoms with Crippen molar-refractivity contribution in [3.05, 3.63) is 29.8 Å². The van der Waals surface area contributed by atoms with Crippen LogP contribution in [0.2, 0.25) is 0 Å². The molecule has 0 radical (unpaired) electrons. The first-order valence-corrected chi connectivity index (χ1v) is 14.2. The molecular formula is C24H33F3N2O7S. The molecule has 0 spiro atoms. The summed E-state index contributed by atoms with van der Waals surface area (Å²) in [6.45, 7) is 1.80. The van der Waals surface area contributed by atoms with E-state index in [1.54, 1.807) is 0 Å². The number of hydrogen-bond donors (Lipinski definition) is 1. The second-order valence-corrected chi connectivity index (χ2v) is 12.2. The van der Waals surface area contributed by atoms with Crippen molar-refractivity contribution >= 4 is 10.0 Å². The molecule has 3 unspecified atom stereocenters. The summed E-state index contributed by atoms with van der Waals surface area (Å²) >= 11 is 0. The van der Waals surface area contributed by atoms with Crippen LogP contribution in [0.1, 0.15) is 50.5 Å². The Bertz CT molecular complexity index is 1000. The van der Waals surface area contributed by atoms with E-state index in [0.29, 0.717) is 51.3 Å². The van der Waals surface area contributed by atoms with Crippen LogP contribution in [0.25, 0.3) is 0 Å². The number of nitrogens with one attached hydrogen (secondary N) is 1. The molecule has 4 saturated heterocycles. The van der Waals surface area contributed by atoms with Crippen molar-refractivity contribution in [1.82, 2.24) is 9.79 Å². The van der Waals surface area contributed by atoms with Gasteiger partial charge in [-0.3, -0.25) is 4.84 Å². The van der Waals surface area contributed by atoms with Crippen LogP contribution in [0.5, 0.6) is 5.75 Å². The maximum absolute atomic E-state index is 13.9. The first-order valence-electron chi connectivity index (χ1n) is 12.8. The number of ether oxygens (including phenoxy) is 4. The van der Waals surface area contributed by atoms with E-state index in [4.69, 9.17) is 23.8 Å². The predicted molar refractivity (Wildman–Crippen MR) is 125 cm³/mol. The second kappa shape index (κ2) is 10.9. The van der Waals surface area contributed by atoms with Crippen molar-refractivity contribution in [3.8, 4) is 5.75 Å². The Morgan fingerprint density at radius 1 is 1.00 bits per heavy atom. The Morgan fingerprint density at radius 3 is 2.32 bits per heavy atom. The van der Waals surface area contributed by atoms with E-state index in [9.17, 15) is 21.6 Å². The molecule has 1 aromatic rings. The molecule has 4 aliphatic rings. The molecule has 4 heterocycles. The zero-order chi connectivity index (χ0) is 26.1. The van der Waals surface area contributed by atoms with Gasteiger partial charge in [-0.1, -0.05) is 0 Å². The second-order valence-electron chi connectivity index (χ2n) is 9.93. The van der Waals surface area contributed by atoms with Gasteiger partial charge < -0.3 is 18.9 Å². The third-order valence-corrected chi connectivity index (χ3v) is 10.3. The summed E-state index contributed by atoms with van der Waals surface area (Å²) < 4.78 is 89.3. The monoisotopic (exact) mass is 550 g/mol. The van der Waals surface area contributed by atoms with E-state index >= 15 is 0 Å². The molecule has 0 saturated carbocycles. The number of benzene rings is 1. The molecule has 3 atom stereocenters. The highest BCUT2D eigenvalue weighted by molar-refractivity contribution is 7.90. The van der Waals surface area contributed by atoms with Gasteiger partial charge in [0.15, 0.2) is 12.5 Å². The quantitative estimate of drug-likeness (QED) is 0.389. The number of hydroxylamine groups is 1. The van der Waals surface area contributed by atoms with Gasteiger partial charge >= 0.3 is 6.18 Å². The standard InChI is InChI=1S/C24H33F3N2O7S/c25-24(26,27)17-4-6-18(7-5-17)34-19-8-12-29(13-9-19)37(30,31)23(10-15-32-16-11-23)21-22(35-21)28-36-20-3-1-2-14-33-20/h4-7,19-22,28H,1-3,8-16H2. The van der Waals surface area contributed by atoms with Gasteiger partial charge in [0.2, 0.25) is 10.0 Å². The molecule has 1 aromatic carbocycles. The summed E-state index contributed by atoms with van der Waals surface area (Å²) in [5.41, 5.74) is 2.12. The van der Waals surface area contributed by atoms with Crippen LogP contribution in [0.3, 0.4) is 0 Å². The number of piperidine rings is 1. The number of epoxide rings is 1. The van der Waals surface area contributed by atoms with Crippen LogP contribution < -0.4 is 10.2 Å². The molecule has 4 fully saturated rings. The third-order valence-electron chi connectivity index (χ3n) is 7.54. The van der Waals surface area contributed by atoms with Crippen LogP contribution in [-0.2, 0) is 35.2 Å². The average Bonchev–Trinajstić information content (AvgIpc) is 3.69. The Morgan fingerprint density at radius 2 is 1.70 bits per heavy atom. The molecule has 0 aliphatic carbocycles. The smallest absolute Gasteiger partial charge is 0.416 e. The highest BCUT2D eigenvalue weighted by atomic mass is 32.2. The number of alkyl halides is 3. The van der Waals surface area contributed by atoms with Crippen molar-refractivity contribution < 1.29 is 45.4 Å². The number of hydrogen-bond acceptors (Lipinski definition) is 8. The Labute approximate surface area is 214 Å². The van der Waals surface area contributed by atoms with E-state index in [0.717, 1.165) is 31.4 Å². The van der Waals surface area contributed by atoms with Crippen molar-refractivity contribution in [2.45, 2.75) is 80.6 Å². The molecule has 37 heavy (non-hydrogen) atoms. The Hall–Kier alpha value is -1.48. The minimum atomic E-state index is -4.41. The van der Waals surface area contributed by atoms with E-state index < -0.39 is 38.8 Å². The highest BCUT2D eigenvalue weighted by Gasteiger charge is 2.64. The number of halogens is 3. The summed E-state index contributed by atoms with van der Waals surface area (Å²) in [6.07, 6.45) is -1.89. The fraction of sp³-hybridized carbons (Fsp3) is 0.750. The molecule has 5 rings (SSSR count). The van der Waals surface area contributed by atoms with Crippen LogP contribution in [0.4, 0.5) is 13.2 Å². The number of rotatable bonds is 8. The van der Waals surface area contributed by atoms with Gasteiger partial charge in [0, 0.05) is 39.3 Å². The van der Waals surface area contributed by atoms with Crippen LogP contribution in [0, 0.1) is 0 Å². The van der Waals surface area contributed by atoms with E-state index in [2.05, 4.69) is 5.48 Å². The van der Waals surface area contributed by atoms with E-state index in [1.165, 1.54) is 16.4 Å². The molecule has 4 aliphatic heterocycles. The molecule has 1 N–H and O–H groups in total. The summed E-state index contributed by atoms with van der Waals surface area (Å²) in [5, 5.41) is 0. The van der Waals surface area contributed by atoms with Crippen LogP contribution in [0.15, 0.2) is 24.3 Å². The maximum atomic E-state index is 13.9. The first kappa shape index (κ1) is 27.1. The zero-order valence-electron chi connectivity index (χ0n) is 20.5. The van der Waals surface area contributed by atoms with Gasteiger partial charge in [0.05, 0.1) is 5.56 Å². The topological polar surface area (TPSA) is 98.9 Å². The van der Waals surface area contributed by atoms with Crippen molar-refractivity contribution in [2.24, 2.45) is 0 Å². The maximum Gasteiger partial charge on any atom is 0.416 e. The molecule has 9 nitrogen and oxygen atoms in total. The van der Waals surface area contributed by atoms with Gasteiger partial charge in [-0.15, -0.1) is 0 Å². The van der Waals surface area contributed by atoms with Crippen molar-refractivity contribution in [2.75, 3.05) is 32.9 Å². The first-order chi connectivity index (χ1) is 17.7. The molecule has 0 amide bonds. The van der Waals surface area contributed by atoms with Gasteiger partial charge in [-0.05, 0) is 62.8 Å². The number of sulfonamides is 1. The lowest BCUT2D eigenvalue weighted by atomic mass is 9.95. The summed E-state index contributed by atoms with van der Waals surface area (Å²) in [5.74, 6) is 0.331. The molecule has 208 valence electrons. The zero-order valence-corrected chi connectivity index (χ0v) is 21.3. The lowest BCUT2D eigenvalue weighted by Gasteiger charge is -2.41. The Kier molecular flexibility index (Phi) is 8.02. The van der Waals surface area contributed by atoms with E-state index in [1.807, 2.05) is 0 Å². The SMILES string of the molecule is O=S(=O)(N1CCC(Oc2ccc(C(F)(F)F)cc2)CC1)C1(C2OC2NOC2CCCCO2)CCOCC1. The molecule has 0 aromatic heterocycles. The van der Waals surface area contributed by atoms with Gasteiger partial charge in [0.1, 0.15) is 22.7 Å². The predicted octanol–water partition coefficient (Wildman–Crippen LogP) is 3.20. The van der Waals surface area contributed by atoms with E-state index in [-0.39, 0.29) is 25.5 Å². The van der Waals surface area contributed by atoms with Crippen LogP contribution >= 0.6 is 0 Å². The fourth-order valence-electron chi connectivity index (χ4n) is 5.32. The average molecular weight is 551 g/mol. The van der Waals surface area contributed by atoms with Crippen molar-refractivity contribution in [1.29, 1.82) is 0 Å². The summed E-state index contributed by atoms with van der Waals surface area (Å²) in [6, 6.07) is 4.55. The molecule has 13 heteroatoms. The highest BCUT2D eigenvalue weighted by Crippen LogP contribution is 2.45.